The zero-order chi connectivity index (χ0) is 35.8. The van der Waals surface area contributed by atoms with Crippen LogP contribution in [0.25, 0.3) is 16.9 Å². The first kappa shape index (κ1) is 40.8. The third-order valence-corrected chi connectivity index (χ3v) is 7.53. The summed E-state index contributed by atoms with van der Waals surface area (Å²) in [6, 6.07) is 10.4. The van der Waals surface area contributed by atoms with Gasteiger partial charge < -0.3 is 13.9 Å². The van der Waals surface area contributed by atoms with E-state index in [9.17, 15) is 14.4 Å². The minimum Gasteiger partial charge on any atom is -0.478 e. The molecular formula is C37H35BClIN6O4. The van der Waals surface area contributed by atoms with Crippen LogP contribution < -0.4 is 0 Å². The molecule has 0 aliphatic carbocycles. The molecule has 0 aliphatic rings. The molecule has 0 saturated carbocycles. The zero-order valence-electron chi connectivity index (χ0n) is 27.8. The smallest absolute Gasteiger partial charge is 0.394 e. The standard InChI is InChI=1S/C11H11IN2O.C11H12N2O.C8H6N2O2.C7H5B.ClH/c1-2-3-9(15)8-4-5-14-10(12)7-13-11(14)6-8;1-2-3-10(14)9-4-6-13-7-5-12-11(13)8-9;11-8(12)6-1-3-10-4-2-9-7(10)5-6;1-4-7-8(5-2)6-3;/h4-7H,2-3H2,1H3;4-8H,2-3H2,1H3;1-5H,(H,11,12);2-3H,1H3;1H. The number of imidazole rings is 3. The predicted molar refractivity (Wildman–Crippen MR) is 208 cm³/mol. The molecule has 50 heavy (non-hydrogen) atoms. The third kappa shape index (κ3) is 11.7. The number of carbonyl (C=O) groups excluding carboxylic acids is 2. The van der Waals surface area contributed by atoms with Crippen molar-refractivity contribution in [3.05, 3.63) is 106 Å². The number of hydrogen-bond donors (Lipinski definition) is 1. The first-order chi connectivity index (χ1) is 23.6. The van der Waals surface area contributed by atoms with Gasteiger partial charge in [-0.05, 0) is 78.8 Å². The van der Waals surface area contributed by atoms with Crippen LogP contribution in [0.15, 0.2) is 86.0 Å². The van der Waals surface area contributed by atoms with Crippen molar-refractivity contribution in [3.63, 3.8) is 0 Å². The Hall–Kier alpha value is -5.36. The first-order valence-electron chi connectivity index (χ1n) is 15.3. The Bertz CT molecular complexity index is 2200. The highest BCUT2D eigenvalue weighted by Gasteiger charge is 2.08. The summed E-state index contributed by atoms with van der Waals surface area (Å²) in [5.74, 6) is 9.44. The number of nitrogens with zero attached hydrogens (tertiary/aromatic N) is 6. The quantitative estimate of drug-likeness (QED) is 0.0793. The Balaban J connectivity index is 0.000000235. The number of hydrogen-bond acceptors (Lipinski definition) is 6. The molecule has 0 bridgehead atoms. The van der Waals surface area contributed by atoms with Crippen LogP contribution in [0.1, 0.15) is 77.5 Å². The van der Waals surface area contributed by atoms with Gasteiger partial charge in [-0.2, -0.15) is 0 Å². The van der Waals surface area contributed by atoms with Crippen LogP contribution in [0, 0.1) is 39.9 Å². The van der Waals surface area contributed by atoms with Gasteiger partial charge in [0.1, 0.15) is 20.6 Å². The lowest BCUT2D eigenvalue weighted by Gasteiger charge is -2.00. The number of pyridine rings is 3. The van der Waals surface area contributed by atoms with E-state index in [0.29, 0.717) is 18.5 Å². The molecule has 0 fully saturated rings. The number of carboxylic acids is 1. The number of aromatic carboxylic acids is 1. The summed E-state index contributed by atoms with van der Waals surface area (Å²) in [4.78, 5) is 46.1. The van der Waals surface area contributed by atoms with Gasteiger partial charge in [-0.1, -0.05) is 13.8 Å². The molecule has 6 rings (SSSR count). The molecule has 6 aromatic rings. The van der Waals surface area contributed by atoms with Crippen molar-refractivity contribution >= 4 is 76.2 Å². The van der Waals surface area contributed by atoms with Gasteiger partial charge in [-0.25, -0.2) is 19.7 Å². The summed E-state index contributed by atoms with van der Waals surface area (Å²) in [7, 11) is 0. The van der Waals surface area contributed by atoms with Gasteiger partial charge in [-0.3, -0.25) is 14.0 Å². The van der Waals surface area contributed by atoms with Crippen LogP contribution in [-0.2, 0) is 0 Å². The molecule has 0 aliphatic heterocycles. The number of carbonyl (C=O) groups is 3. The molecule has 1 N–H and O–H groups in total. The highest BCUT2D eigenvalue weighted by Crippen LogP contribution is 2.13. The molecule has 0 amide bonds. The highest BCUT2D eigenvalue weighted by atomic mass is 127. The number of halogens is 2. The van der Waals surface area contributed by atoms with E-state index >= 15 is 0 Å². The largest absolute Gasteiger partial charge is 0.478 e. The average Bonchev–Trinajstić information content (AvgIpc) is 3.87. The number of carboxylic acid groups (broad SMARTS) is 1. The maximum absolute atomic E-state index is 11.7. The Morgan fingerprint density at radius 1 is 0.780 bits per heavy atom. The third-order valence-electron chi connectivity index (χ3n) is 6.73. The second kappa shape index (κ2) is 20.9. The predicted octanol–water partition coefficient (Wildman–Crippen LogP) is 7.08. The van der Waals surface area contributed by atoms with E-state index in [-0.39, 0.29) is 36.2 Å². The summed E-state index contributed by atoms with van der Waals surface area (Å²) in [6.07, 6.45) is 27.1. The van der Waals surface area contributed by atoms with E-state index in [4.69, 9.17) is 18.0 Å². The second-order valence-electron chi connectivity index (χ2n) is 10.3. The molecule has 0 atom stereocenters. The van der Waals surface area contributed by atoms with Crippen molar-refractivity contribution < 1.29 is 19.5 Å². The number of aromatic nitrogens is 6. The van der Waals surface area contributed by atoms with Crippen molar-refractivity contribution in [1.29, 1.82) is 0 Å². The molecule has 0 spiro atoms. The SMILES string of the molecule is C#CB(C#C)C#CC.CCCC(=O)c1ccn2c(I)cnc2c1.CCCC(=O)c1ccn2ccnc2c1.Cl.O=C(O)c1ccn2ccnc2c1. The normalized spacial score (nSPS) is 9.48. The average molecular weight is 801 g/mol. The van der Waals surface area contributed by atoms with Gasteiger partial charge in [0, 0.05) is 67.3 Å². The van der Waals surface area contributed by atoms with Gasteiger partial charge >= 0.3 is 12.7 Å². The van der Waals surface area contributed by atoms with Crippen LogP contribution in [0.2, 0.25) is 0 Å². The highest BCUT2D eigenvalue weighted by molar-refractivity contribution is 14.1. The summed E-state index contributed by atoms with van der Waals surface area (Å²) in [5, 5.41) is 8.64. The topological polar surface area (TPSA) is 123 Å². The van der Waals surface area contributed by atoms with E-state index in [1.807, 2.05) is 65.5 Å². The summed E-state index contributed by atoms with van der Waals surface area (Å²) in [6.45, 7) is 5.42. The Labute approximate surface area is 311 Å². The fraction of sp³-hybridized carbons (Fsp3) is 0.189. The fourth-order valence-electron chi connectivity index (χ4n) is 4.27. The van der Waals surface area contributed by atoms with Crippen LogP contribution in [0.4, 0.5) is 0 Å². The Kier molecular flexibility index (Phi) is 17.1. The lowest BCUT2D eigenvalue weighted by molar-refractivity contribution is 0.0696. The van der Waals surface area contributed by atoms with E-state index < -0.39 is 5.97 Å². The van der Waals surface area contributed by atoms with Gasteiger partial charge in [0.05, 0.1) is 11.8 Å². The molecule has 10 nitrogen and oxygen atoms in total. The number of terminal acetylenes is 2. The van der Waals surface area contributed by atoms with Crippen molar-refractivity contribution in [2.75, 3.05) is 0 Å². The number of rotatable bonds is 7. The number of fused-ring (bicyclic) bond motifs is 3. The molecule has 0 radical (unpaired) electrons. The molecule has 254 valence electrons. The van der Waals surface area contributed by atoms with Crippen molar-refractivity contribution in [3.8, 4) is 36.2 Å². The molecule has 6 heterocycles. The fourth-order valence-corrected chi connectivity index (χ4v) is 4.82. The number of Topliss-reactive ketones (excluding diaryl/α,β-unsaturated/α-hetero) is 2. The lowest BCUT2D eigenvalue weighted by atomic mass is 9.53. The van der Waals surface area contributed by atoms with Crippen LogP contribution >= 0.6 is 35.0 Å². The molecule has 0 saturated heterocycles. The van der Waals surface area contributed by atoms with Gasteiger partial charge in [-0.15, -0.1) is 48.6 Å². The minimum atomic E-state index is -0.930. The second-order valence-corrected chi connectivity index (χ2v) is 11.4. The van der Waals surface area contributed by atoms with Crippen molar-refractivity contribution in [2.45, 2.75) is 46.5 Å². The molecule has 13 heteroatoms. The maximum Gasteiger partial charge on any atom is 0.394 e. The van der Waals surface area contributed by atoms with Gasteiger partial charge in [0.15, 0.2) is 11.6 Å². The Morgan fingerprint density at radius 2 is 1.26 bits per heavy atom. The molecule has 0 unspecified atom stereocenters. The summed E-state index contributed by atoms with van der Waals surface area (Å²) < 4.78 is 6.66. The lowest BCUT2D eigenvalue weighted by Crippen LogP contribution is -2.01. The van der Waals surface area contributed by atoms with E-state index in [1.54, 1.807) is 42.3 Å². The molecular weight excluding hydrogens is 766 g/mol. The van der Waals surface area contributed by atoms with Crippen LogP contribution in [0.5, 0.6) is 0 Å². The monoisotopic (exact) mass is 800 g/mol. The van der Waals surface area contributed by atoms with Crippen molar-refractivity contribution in [1.82, 2.24) is 28.2 Å². The minimum absolute atomic E-state index is 0. The maximum atomic E-state index is 11.7. The van der Waals surface area contributed by atoms with Crippen LogP contribution in [-0.4, -0.2) is 57.5 Å². The summed E-state index contributed by atoms with van der Waals surface area (Å²) in [5.41, 5.74) is 4.08. The van der Waals surface area contributed by atoms with Crippen molar-refractivity contribution in [2.24, 2.45) is 0 Å². The Morgan fingerprint density at radius 3 is 1.72 bits per heavy atom. The zero-order valence-corrected chi connectivity index (χ0v) is 30.8. The molecule has 6 aromatic heterocycles. The van der Waals surface area contributed by atoms with Gasteiger partial charge in [0.25, 0.3) is 0 Å². The van der Waals surface area contributed by atoms with E-state index in [0.717, 1.165) is 39.0 Å². The van der Waals surface area contributed by atoms with E-state index in [1.165, 1.54) is 12.1 Å². The number of ketones is 2. The van der Waals surface area contributed by atoms with Crippen LogP contribution in [0.3, 0.4) is 0 Å². The molecule has 0 aromatic carbocycles. The first-order valence-corrected chi connectivity index (χ1v) is 16.4. The summed E-state index contributed by atoms with van der Waals surface area (Å²) >= 11 is 2.21. The van der Waals surface area contributed by atoms with Gasteiger partial charge in [0.2, 0.25) is 0 Å². The van der Waals surface area contributed by atoms with E-state index in [2.05, 4.69) is 60.9 Å².